The molecule has 2 rings (SSSR count). The summed E-state index contributed by atoms with van der Waals surface area (Å²) in [6.45, 7) is 5.48. The second-order valence-electron chi connectivity index (χ2n) is 4.58. The Kier molecular flexibility index (Phi) is 6.24. The molecule has 0 aliphatic rings. The van der Waals surface area contributed by atoms with E-state index in [1.54, 1.807) is 0 Å². The van der Waals surface area contributed by atoms with Gasteiger partial charge < -0.3 is 9.88 Å². The number of benzene rings is 1. The van der Waals surface area contributed by atoms with Gasteiger partial charge in [0, 0.05) is 6.54 Å². The first-order valence-electron chi connectivity index (χ1n) is 7.10. The van der Waals surface area contributed by atoms with E-state index in [1.807, 2.05) is 24.2 Å². The highest BCUT2D eigenvalue weighted by Crippen LogP contribution is 2.11. The summed E-state index contributed by atoms with van der Waals surface area (Å²) in [7, 11) is 0. The Labute approximate surface area is 119 Å². The second-order valence-corrected chi connectivity index (χ2v) is 5.97. The van der Waals surface area contributed by atoms with Gasteiger partial charge in [-0.2, -0.15) is 11.8 Å². The highest BCUT2D eigenvalue weighted by molar-refractivity contribution is 7.99. The minimum atomic E-state index is 1.04. The Hall–Kier alpha value is -1.00. The first-order valence-corrected chi connectivity index (χ1v) is 8.25. The van der Waals surface area contributed by atoms with Crippen LogP contribution in [0.1, 0.15) is 19.8 Å². The molecule has 0 amide bonds. The van der Waals surface area contributed by atoms with E-state index in [4.69, 9.17) is 0 Å². The number of para-hydroxylation sites is 2. The van der Waals surface area contributed by atoms with Crippen LogP contribution in [0.15, 0.2) is 30.6 Å². The van der Waals surface area contributed by atoms with E-state index in [2.05, 4.69) is 40.0 Å². The minimum Gasteiger partial charge on any atom is -0.331 e. The van der Waals surface area contributed by atoms with Crippen molar-refractivity contribution in [1.29, 1.82) is 0 Å². The highest BCUT2D eigenvalue weighted by Gasteiger charge is 2.00. The van der Waals surface area contributed by atoms with E-state index in [9.17, 15) is 0 Å². The van der Waals surface area contributed by atoms with E-state index in [-0.39, 0.29) is 0 Å². The number of aryl methyl sites for hydroxylation is 1. The number of aromatic nitrogens is 2. The Morgan fingerprint density at radius 1 is 1.21 bits per heavy atom. The summed E-state index contributed by atoms with van der Waals surface area (Å²) in [4.78, 5) is 4.41. The van der Waals surface area contributed by atoms with Crippen LogP contribution in [-0.4, -0.2) is 34.1 Å². The molecule has 0 aliphatic heterocycles. The number of fused-ring (bicyclic) bond motifs is 1. The van der Waals surface area contributed by atoms with Crippen LogP contribution in [0.3, 0.4) is 0 Å². The van der Waals surface area contributed by atoms with Gasteiger partial charge in [0.15, 0.2) is 0 Å². The van der Waals surface area contributed by atoms with Crippen molar-refractivity contribution in [1.82, 2.24) is 14.9 Å². The van der Waals surface area contributed by atoms with Gasteiger partial charge in [-0.25, -0.2) is 4.98 Å². The Morgan fingerprint density at radius 2 is 2.05 bits per heavy atom. The maximum absolute atomic E-state index is 4.41. The molecular formula is C15H23N3S. The molecule has 0 radical (unpaired) electrons. The van der Waals surface area contributed by atoms with Gasteiger partial charge in [-0.3, -0.25) is 0 Å². The van der Waals surface area contributed by atoms with Crippen LogP contribution in [0, 0.1) is 0 Å². The topological polar surface area (TPSA) is 29.9 Å². The molecule has 1 aromatic carbocycles. The molecule has 0 atom stereocenters. The fourth-order valence-electron chi connectivity index (χ4n) is 2.13. The van der Waals surface area contributed by atoms with E-state index in [0.29, 0.717) is 0 Å². The van der Waals surface area contributed by atoms with Crippen LogP contribution in [0.5, 0.6) is 0 Å². The summed E-state index contributed by atoms with van der Waals surface area (Å²) >= 11 is 2.02. The van der Waals surface area contributed by atoms with E-state index in [0.717, 1.165) is 31.6 Å². The number of rotatable bonds is 9. The average molecular weight is 277 g/mol. The largest absolute Gasteiger partial charge is 0.331 e. The van der Waals surface area contributed by atoms with Gasteiger partial charge >= 0.3 is 0 Å². The molecule has 4 heteroatoms. The Balaban J connectivity index is 1.63. The maximum Gasteiger partial charge on any atom is 0.0958 e. The van der Waals surface area contributed by atoms with Crippen LogP contribution in [0.25, 0.3) is 11.0 Å². The molecule has 2 aromatic rings. The van der Waals surface area contributed by atoms with Crippen LogP contribution in [0.4, 0.5) is 0 Å². The van der Waals surface area contributed by atoms with Gasteiger partial charge in [-0.1, -0.05) is 19.1 Å². The molecule has 0 spiro atoms. The summed E-state index contributed by atoms with van der Waals surface area (Å²) in [5.41, 5.74) is 2.33. The summed E-state index contributed by atoms with van der Waals surface area (Å²) in [6.07, 6.45) is 4.37. The molecular weight excluding hydrogens is 254 g/mol. The molecule has 0 bridgehead atoms. The van der Waals surface area contributed by atoms with Crippen molar-refractivity contribution in [2.24, 2.45) is 0 Å². The zero-order valence-electron chi connectivity index (χ0n) is 11.6. The zero-order chi connectivity index (χ0) is 13.3. The normalized spacial score (nSPS) is 11.2. The molecule has 0 saturated heterocycles. The van der Waals surface area contributed by atoms with E-state index < -0.39 is 0 Å². The third kappa shape index (κ3) is 4.55. The van der Waals surface area contributed by atoms with Gasteiger partial charge in [-0.15, -0.1) is 0 Å². The van der Waals surface area contributed by atoms with Crippen molar-refractivity contribution < 1.29 is 0 Å². The molecule has 1 N–H and O–H groups in total. The summed E-state index contributed by atoms with van der Waals surface area (Å²) in [5.74, 6) is 2.50. The molecule has 104 valence electrons. The molecule has 0 unspecified atom stereocenters. The number of nitrogens with zero attached hydrogens (tertiary/aromatic N) is 2. The first kappa shape index (κ1) is 14.4. The third-order valence-corrected chi connectivity index (χ3v) is 4.11. The molecule has 1 heterocycles. The second kappa shape index (κ2) is 8.23. The fourth-order valence-corrected chi connectivity index (χ4v) is 2.77. The van der Waals surface area contributed by atoms with Crippen molar-refractivity contribution in [3.8, 4) is 0 Å². The van der Waals surface area contributed by atoms with Gasteiger partial charge in [-0.05, 0) is 49.6 Å². The van der Waals surface area contributed by atoms with Crippen molar-refractivity contribution in [2.45, 2.75) is 26.3 Å². The molecule has 19 heavy (non-hydrogen) atoms. The lowest BCUT2D eigenvalue weighted by molar-refractivity contribution is 0.587. The average Bonchev–Trinajstić information content (AvgIpc) is 2.85. The van der Waals surface area contributed by atoms with Crippen molar-refractivity contribution in [2.75, 3.05) is 24.6 Å². The van der Waals surface area contributed by atoms with Crippen molar-refractivity contribution >= 4 is 22.8 Å². The highest BCUT2D eigenvalue weighted by atomic mass is 32.2. The quantitative estimate of drug-likeness (QED) is 0.714. The monoisotopic (exact) mass is 277 g/mol. The van der Waals surface area contributed by atoms with Crippen molar-refractivity contribution in [3.63, 3.8) is 0 Å². The van der Waals surface area contributed by atoms with Crippen LogP contribution >= 0.6 is 11.8 Å². The van der Waals surface area contributed by atoms with Gasteiger partial charge in [0.1, 0.15) is 0 Å². The SMILES string of the molecule is CCSCCCNCCCn1cnc2ccccc21. The lowest BCUT2D eigenvalue weighted by Crippen LogP contribution is -2.18. The molecule has 0 saturated carbocycles. The number of hydrogen-bond acceptors (Lipinski definition) is 3. The predicted octanol–water partition coefficient (Wildman–Crippen LogP) is 3.16. The van der Waals surface area contributed by atoms with Crippen molar-refractivity contribution in [3.05, 3.63) is 30.6 Å². The van der Waals surface area contributed by atoms with Gasteiger partial charge in [0.05, 0.1) is 17.4 Å². The number of thioether (sulfide) groups is 1. The predicted molar refractivity (Wildman–Crippen MR) is 84.8 cm³/mol. The molecule has 0 aliphatic carbocycles. The first-order chi connectivity index (χ1) is 9.42. The molecule has 1 aromatic heterocycles. The number of nitrogens with one attached hydrogen (secondary N) is 1. The third-order valence-electron chi connectivity index (χ3n) is 3.13. The lowest BCUT2D eigenvalue weighted by Gasteiger charge is -2.06. The molecule has 0 fully saturated rings. The summed E-state index contributed by atoms with van der Waals surface area (Å²) in [6, 6.07) is 8.31. The van der Waals surface area contributed by atoms with Crippen LogP contribution < -0.4 is 5.32 Å². The Morgan fingerprint density at radius 3 is 2.95 bits per heavy atom. The van der Waals surface area contributed by atoms with Gasteiger partial charge in [0.2, 0.25) is 0 Å². The smallest absolute Gasteiger partial charge is 0.0958 e. The van der Waals surface area contributed by atoms with Crippen LogP contribution in [0.2, 0.25) is 0 Å². The zero-order valence-corrected chi connectivity index (χ0v) is 12.5. The number of imidazole rings is 1. The summed E-state index contributed by atoms with van der Waals surface area (Å²) < 4.78 is 2.24. The minimum absolute atomic E-state index is 1.04. The van der Waals surface area contributed by atoms with Gasteiger partial charge in [0.25, 0.3) is 0 Å². The standard InChI is InChI=1S/C15H23N3S/c1-2-19-12-6-10-16-9-5-11-18-13-17-14-7-3-4-8-15(14)18/h3-4,7-8,13,16H,2,5-6,9-12H2,1H3. The van der Waals surface area contributed by atoms with E-state index in [1.165, 1.54) is 23.4 Å². The summed E-state index contributed by atoms with van der Waals surface area (Å²) in [5, 5.41) is 3.51. The number of hydrogen-bond donors (Lipinski definition) is 1. The molecule has 3 nitrogen and oxygen atoms in total. The maximum atomic E-state index is 4.41. The fraction of sp³-hybridized carbons (Fsp3) is 0.533. The lowest BCUT2D eigenvalue weighted by atomic mass is 10.3. The van der Waals surface area contributed by atoms with Crippen LogP contribution in [-0.2, 0) is 6.54 Å². The Bertz CT molecular complexity index is 481. The van der Waals surface area contributed by atoms with E-state index >= 15 is 0 Å².